The highest BCUT2D eigenvalue weighted by atomic mass is 16.5. The molecule has 2 aromatic rings. The van der Waals surface area contributed by atoms with Crippen LogP contribution < -0.4 is 5.73 Å². The van der Waals surface area contributed by atoms with E-state index >= 15 is 0 Å². The van der Waals surface area contributed by atoms with Gasteiger partial charge in [0.15, 0.2) is 0 Å². The van der Waals surface area contributed by atoms with Gasteiger partial charge in [0.2, 0.25) is 0 Å². The second-order valence-corrected chi connectivity index (χ2v) is 5.48. The number of para-hydroxylation sites is 1. The van der Waals surface area contributed by atoms with Crippen LogP contribution >= 0.6 is 0 Å². The fourth-order valence-electron chi connectivity index (χ4n) is 3.01. The Balaban J connectivity index is 1.81. The van der Waals surface area contributed by atoms with E-state index in [1.54, 1.807) is 7.11 Å². The van der Waals surface area contributed by atoms with Crippen LogP contribution in [-0.2, 0) is 4.74 Å². The van der Waals surface area contributed by atoms with Gasteiger partial charge in [-0.3, -0.25) is 4.90 Å². The highest BCUT2D eigenvalue weighted by Crippen LogP contribution is 2.30. The van der Waals surface area contributed by atoms with Gasteiger partial charge in [-0.2, -0.15) is 5.10 Å². The van der Waals surface area contributed by atoms with E-state index in [0.717, 1.165) is 31.8 Å². The third-order valence-corrected chi connectivity index (χ3v) is 4.10. The molecule has 0 aliphatic carbocycles. The molecule has 5 heteroatoms. The summed E-state index contributed by atoms with van der Waals surface area (Å²) in [5.74, 6) is 0. The summed E-state index contributed by atoms with van der Waals surface area (Å²) in [6.45, 7) is 2.66. The number of likely N-dealkylation sites (tertiary alicyclic amines) is 1. The number of methoxy groups -OCH3 is 1. The predicted molar refractivity (Wildman–Crippen MR) is 82.3 cm³/mol. The minimum atomic E-state index is 0.162. The average Bonchev–Trinajstić information content (AvgIpc) is 3.12. The maximum atomic E-state index is 6.30. The van der Waals surface area contributed by atoms with Crippen molar-refractivity contribution in [1.29, 1.82) is 0 Å². The summed E-state index contributed by atoms with van der Waals surface area (Å²) < 4.78 is 7.11. The SMILES string of the molecule is COCCN1CCC(N)C1c1cnn(-c2ccccc2)c1. The van der Waals surface area contributed by atoms with Crippen LogP contribution in [-0.4, -0.2) is 47.5 Å². The van der Waals surface area contributed by atoms with Crippen molar-refractivity contribution in [2.45, 2.75) is 18.5 Å². The standard InChI is InChI=1S/C16H22N4O/c1-21-10-9-19-8-7-15(17)16(19)13-11-18-20(12-13)14-5-3-2-4-6-14/h2-6,11-12,15-16H,7-10,17H2,1H3. The van der Waals surface area contributed by atoms with Crippen LogP contribution in [0.2, 0.25) is 0 Å². The van der Waals surface area contributed by atoms with Crippen LogP contribution in [0.1, 0.15) is 18.0 Å². The van der Waals surface area contributed by atoms with Crippen molar-refractivity contribution >= 4 is 0 Å². The lowest BCUT2D eigenvalue weighted by molar-refractivity contribution is 0.139. The number of hydrogen-bond acceptors (Lipinski definition) is 4. The molecule has 2 heterocycles. The van der Waals surface area contributed by atoms with Gasteiger partial charge in [0.05, 0.1) is 24.5 Å². The second-order valence-electron chi connectivity index (χ2n) is 5.48. The largest absolute Gasteiger partial charge is 0.383 e. The summed E-state index contributed by atoms with van der Waals surface area (Å²) in [5, 5.41) is 4.48. The maximum Gasteiger partial charge on any atom is 0.0645 e. The van der Waals surface area contributed by atoms with Crippen molar-refractivity contribution in [3.8, 4) is 5.69 Å². The highest BCUT2D eigenvalue weighted by molar-refractivity contribution is 5.31. The third kappa shape index (κ3) is 3.00. The number of ether oxygens (including phenoxy) is 1. The number of rotatable bonds is 5. The molecule has 0 bridgehead atoms. The van der Waals surface area contributed by atoms with Crippen LogP contribution in [0, 0.1) is 0 Å². The molecule has 5 nitrogen and oxygen atoms in total. The number of nitrogens with zero attached hydrogens (tertiary/aromatic N) is 3. The number of aromatic nitrogens is 2. The summed E-state index contributed by atoms with van der Waals surface area (Å²) in [4.78, 5) is 2.39. The molecule has 1 fully saturated rings. The zero-order valence-corrected chi connectivity index (χ0v) is 12.4. The molecule has 1 aromatic carbocycles. The minimum Gasteiger partial charge on any atom is -0.383 e. The van der Waals surface area contributed by atoms with Crippen LogP contribution in [0.3, 0.4) is 0 Å². The van der Waals surface area contributed by atoms with Crippen molar-refractivity contribution in [3.63, 3.8) is 0 Å². The Morgan fingerprint density at radius 2 is 2.14 bits per heavy atom. The summed E-state index contributed by atoms with van der Waals surface area (Å²) >= 11 is 0. The zero-order chi connectivity index (χ0) is 14.7. The minimum absolute atomic E-state index is 0.162. The molecular formula is C16H22N4O. The Labute approximate surface area is 125 Å². The average molecular weight is 286 g/mol. The summed E-state index contributed by atoms with van der Waals surface area (Å²) in [5.41, 5.74) is 8.55. The van der Waals surface area contributed by atoms with Gasteiger partial charge in [-0.25, -0.2) is 4.68 Å². The van der Waals surface area contributed by atoms with Crippen molar-refractivity contribution in [2.75, 3.05) is 26.8 Å². The van der Waals surface area contributed by atoms with E-state index in [0.29, 0.717) is 0 Å². The molecule has 0 radical (unpaired) electrons. The number of hydrogen-bond donors (Lipinski definition) is 1. The van der Waals surface area contributed by atoms with Crippen LogP contribution in [0.25, 0.3) is 5.69 Å². The molecule has 112 valence electrons. The van der Waals surface area contributed by atoms with Gasteiger partial charge in [-0.1, -0.05) is 18.2 Å². The van der Waals surface area contributed by atoms with Crippen LogP contribution in [0.5, 0.6) is 0 Å². The highest BCUT2D eigenvalue weighted by Gasteiger charge is 2.33. The van der Waals surface area contributed by atoms with Crippen LogP contribution in [0.4, 0.5) is 0 Å². The first-order valence-corrected chi connectivity index (χ1v) is 7.38. The van der Waals surface area contributed by atoms with Gasteiger partial charge in [0.25, 0.3) is 0 Å². The van der Waals surface area contributed by atoms with E-state index in [1.165, 1.54) is 5.56 Å². The van der Waals surface area contributed by atoms with Crippen molar-refractivity contribution < 1.29 is 4.74 Å². The van der Waals surface area contributed by atoms with Crippen molar-refractivity contribution in [2.24, 2.45) is 5.73 Å². The third-order valence-electron chi connectivity index (χ3n) is 4.10. The molecule has 1 aliphatic rings. The lowest BCUT2D eigenvalue weighted by Gasteiger charge is -2.25. The monoisotopic (exact) mass is 286 g/mol. The van der Waals surface area contributed by atoms with Gasteiger partial charge in [0, 0.05) is 38.0 Å². The first-order valence-electron chi connectivity index (χ1n) is 7.38. The zero-order valence-electron chi connectivity index (χ0n) is 12.4. The van der Waals surface area contributed by atoms with E-state index in [2.05, 4.69) is 16.2 Å². The Morgan fingerprint density at radius 1 is 1.33 bits per heavy atom. The Kier molecular flexibility index (Phi) is 4.34. The van der Waals surface area contributed by atoms with E-state index in [-0.39, 0.29) is 12.1 Å². The maximum absolute atomic E-state index is 6.30. The van der Waals surface area contributed by atoms with Gasteiger partial charge < -0.3 is 10.5 Å². The van der Waals surface area contributed by atoms with Crippen molar-refractivity contribution in [3.05, 3.63) is 48.3 Å². The van der Waals surface area contributed by atoms with E-state index in [1.807, 2.05) is 41.2 Å². The molecule has 1 aliphatic heterocycles. The van der Waals surface area contributed by atoms with E-state index in [9.17, 15) is 0 Å². The fourth-order valence-corrected chi connectivity index (χ4v) is 3.01. The summed E-state index contributed by atoms with van der Waals surface area (Å²) in [6, 6.07) is 10.5. The van der Waals surface area contributed by atoms with Gasteiger partial charge in [0.1, 0.15) is 0 Å². The number of benzene rings is 1. The molecule has 1 aromatic heterocycles. The van der Waals surface area contributed by atoms with Crippen molar-refractivity contribution in [1.82, 2.24) is 14.7 Å². The molecule has 2 atom stereocenters. The van der Waals surface area contributed by atoms with Gasteiger partial charge in [-0.05, 0) is 18.6 Å². The van der Waals surface area contributed by atoms with Gasteiger partial charge >= 0.3 is 0 Å². The molecule has 0 saturated carbocycles. The lowest BCUT2D eigenvalue weighted by Crippen LogP contribution is -2.33. The molecular weight excluding hydrogens is 264 g/mol. The normalized spacial score (nSPS) is 22.8. The summed E-state index contributed by atoms with van der Waals surface area (Å²) in [6.07, 6.45) is 5.04. The lowest BCUT2D eigenvalue weighted by atomic mass is 10.0. The Hall–Kier alpha value is -1.69. The smallest absolute Gasteiger partial charge is 0.0645 e. The fraction of sp³-hybridized carbons (Fsp3) is 0.438. The predicted octanol–water partition coefficient (Wildman–Crippen LogP) is 1.59. The number of nitrogens with two attached hydrogens (primary N) is 1. The molecule has 2 N–H and O–H groups in total. The first-order chi connectivity index (χ1) is 10.3. The topological polar surface area (TPSA) is 56.3 Å². The Bertz CT molecular complexity index is 569. The molecule has 21 heavy (non-hydrogen) atoms. The molecule has 1 saturated heterocycles. The Morgan fingerprint density at radius 3 is 2.90 bits per heavy atom. The second kappa shape index (κ2) is 6.39. The van der Waals surface area contributed by atoms with Crippen LogP contribution in [0.15, 0.2) is 42.7 Å². The molecule has 0 spiro atoms. The van der Waals surface area contributed by atoms with E-state index < -0.39 is 0 Å². The summed E-state index contributed by atoms with van der Waals surface area (Å²) in [7, 11) is 1.73. The first kappa shape index (κ1) is 14.3. The quantitative estimate of drug-likeness (QED) is 0.907. The molecule has 3 rings (SSSR count). The van der Waals surface area contributed by atoms with Gasteiger partial charge in [-0.15, -0.1) is 0 Å². The molecule has 2 unspecified atom stereocenters. The van der Waals surface area contributed by atoms with E-state index in [4.69, 9.17) is 10.5 Å². The molecule has 0 amide bonds.